The predicted octanol–water partition coefficient (Wildman–Crippen LogP) is 2.37. The van der Waals surface area contributed by atoms with E-state index < -0.39 is 0 Å². The number of hydrogen-bond donors (Lipinski definition) is 1. The Morgan fingerprint density at radius 3 is 2.76 bits per heavy atom. The van der Waals surface area contributed by atoms with Crippen LogP contribution >= 0.6 is 20.2 Å². The van der Waals surface area contributed by atoms with Crippen molar-refractivity contribution in [2.24, 2.45) is 0 Å². The fraction of sp³-hybridized carbons (Fsp3) is 0.286. The Kier molecular flexibility index (Phi) is 3.99. The standard InChI is InChI=1S/C14H15N4OPS/c15-9-4-5-16-11(8-9)18(10-2-1-3-10)14(19)12(20)13-17-6-7-21-13/h4-8,10,20H,1-3H2,(H2,15,16). The normalized spacial score (nSPS) is 14.5. The molecule has 0 aromatic carbocycles. The minimum Gasteiger partial charge on any atom is -0.399 e. The van der Waals surface area contributed by atoms with E-state index in [1.165, 1.54) is 11.3 Å². The number of hydrogen-bond acceptors (Lipinski definition) is 5. The van der Waals surface area contributed by atoms with Gasteiger partial charge in [-0.1, -0.05) is 0 Å². The van der Waals surface area contributed by atoms with E-state index in [0.29, 0.717) is 21.8 Å². The van der Waals surface area contributed by atoms with Gasteiger partial charge in [0, 0.05) is 35.6 Å². The molecule has 5 nitrogen and oxygen atoms in total. The summed E-state index contributed by atoms with van der Waals surface area (Å²) in [5.41, 5.74) is 6.42. The first kappa shape index (κ1) is 14.2. The number of amides is 1. The Labute approximate surface area is 129 Å². The van der Waals surface area contributed by atoms with E-state index in [2.05, 4.69) is 18.8 Å². The van der Waals surface area contributed by atoms with E-state index in [9.17, 15) is 4.79 Å². The number of thiazole rings is 1. The highest BCUT2D eigenvalue weighted by atomic mass is 32.1. The molecule has 1 aliphatic carbocycles. The highest BCUT2D eigenvalue weighted by Crippen LogP contribution is 2.30. The number of carbonyl (C=O) groups excluding carboxylic acids is 1. The molecule has 0 unspecified atom stereocenters. The van der Waals surface area contributed by atoms with Crippen molar-refractivity contribution in [1.82, 2.24) is 9.97 Å². The van der Waals surface area contributed by atoms with Gasteiger partial charge in [-0.25, -0.2) is 9.97 Å². The third-order valence-corrected chi connectivity index (χ3v) is 4.96. The van der Waals surface area contributed by atoms with E-state index in [-0.39, 0.29) is 11.9 Å². The molecule has 0 atom stereocenters. The van der Waals surface area contributed by atoms with Crippen LogP contribution in [0, 0.1) is 0 Å². The van der Waals surface area contributed by atoms with Gasteiger partial charge in [0.15, 0.2) is 0 Å². The van der Waals surface area contributed by atoms with Gasteiger partial charge in [0.2, 0.25) is 0 Å². The molecule has 1 amide bonds. The van der Waals surface area contributed by atoms with Crippen LogP contribution in [0.1, 0.15) is 24.3 Å². The number of nitrogens with two attached hydrogens (primary N) is 1. The number of nitrogens with zero attached hydrogens (tertiary/aromatic N) is 3. The maximum absolute atomic E-state index is 12.8. The van der Waals surface area contributed by atoms with Crippen molar-refractivity contribution in [3.63, 3.8) is 0 Å². The molecule has 1 aliphatic rings. The van der Waals surface area contributed by atoms with Crippen LogP contribution in [0.3, 0.4) is 0 Å². The van der Waals surface area contributed by atoms with E-state index in [4.69, 9.17) is 5.73 Å². The summed E-state index contributed by atoms with van der Waals surface area (Å²) >= 11 is 1.42. The number of nitrogen functional groups attached to an aromatic ring is 1. The van der Waals surface area contributed by atoms with E-state index in [1.54, 1.807) is 29.4 Å². The van der Waals surface area contributed by atoms with Gasteiger partial charge in [0.1, 0.15) is 10.8 Å². The number of carbonyl (C=O) groups is 1. The quantitative estimate of drug-likeness (QED) is 0.879. The van der Waals surface area contributed by atoms with Crippen molar-refractivity contribution in [2.75, 3.05) is 10.6 Å². The van der Waals surface area contributed by atoms with Crippen molar-refractivity contribution < 1.29 is 4.79 Å². The molecule has 2 heterocycles. The summed E-state index contributed by atoms with van der Waals surface area (Å²) in [7, 11) is 3.44. The molecule has 1 fully saturated rings. The van der Waals surface area contributed by atoms with Crippen molar-refractivity contribution in [2.45, 2.75) is 25.3 Å². The van der Waals surface area contributed by atoms with Crippen molar-refractivity contribution in [3.05, 3.63) is 34.9 Å². The first-order chi connectivity index (χ1) is 10.2. The Hall–Kier alpha value is -1.78. The second-order valence-corrected chi connectivity index (χ2v) is 6.31. The van der Waals surface area contributed by atoms with Crippen LogP contribution in [-0.2, 0) is 4.79 Å². The number of anilines is 2. The SMILES string of the molecule is Nc1ccnc(N(C(=O)C(=P)c2nccs2)C2CCC2)c1. The van der Waals surface area contributed by atoms with Crippen molar-refractivity contribution in [3.8, 4) is 0 Å². The zero-order valence-corrected chi connectivity index (χ0v) is 13.1. The molecule has 0 radical (unpaired) electrons. The zero-order valence-electron chi connectivity index (χ0n) is 11.3. The van der Waals surface area contributed by atoms with Crippen LogP contribution in [0.25, 0.3) is 0 Å². The fourth-order valence-corrected chi connectivity index (χ4v) is 3.17. The Morgan fingerprint density at radius 1 is 1.38 bits per heavy atom. The Morgan fingerprint density at radius 2 is 2.19 bits per heavy atom. The molecule has 3 rings (SSSR count). The van der Waals surface area contributed by atoms with Gasteiger partial charge in [-0.3, -0.25) is 9.69 Å². The average molecular weight is 318 g/mol. The van der Waals surface area contributed by atoms with E-state index in [0.717, 1.165) is 19.3 Å². The Bertz CT molecular complexity index is 669. The molecule has 21 heavy (non-hydrogen) atoms. The van der Waals surface area contributed by atoms with Crippen LogP contribution < -0.4 is 10.6 Å². The van der Waals surface area contributed by atoms with Crippen LogP contribution in [-0.4, -0.2) is 27.2 Å². The molecule has 7 heteroatoms. The summed E-state index contributed by atoms with van der Waals surface area (Å²) in [5.74, 6) is 0.474. The molecule has 2 N–H and O–H groups in total. The van der Waals surface area contributed by atoms with E-state index >= 15 is 0 Å². The van der Waals surface area contributed by atoms with Crippen LogP contribution in [0.2, 0.25) is 0 Å². The van der Waals surface area contributed by atoms with Crippen LogP contribution in [0.5, 0.6) is 0 Å². The lowest BCUT2D eigenvalue weighted by Crippen LogP contribution is -2.47. The van der Waals surface area contributed by atoms with Crippen LogP contribution in [0.4, 0.5) is 11.5 Å². The molecule has 0 bridgehead atoms. The summed E-state index contributed by atoms with van der Waals surface area (Å²) in [6.07, 6.45) is 6.41. The third-order valence-electron chi connectivity index (χ3n) is 3.54. The summed E-state index contributed by atoms with van der Waals surface area (Å²) in [5, 5.41) is 2.97. The van der Waals surface area contributed by atoms with Gasteiger partial charge in [-0.2, -0.15) is 0 Å². The molecule has 2 aromatic heterocycles. The molecule has 0 aliphatic heterocycles. The number of pyridine rings is 1. The van der Waals surface area contributed by atoms with Gasteiger partial charge in [0.25, 0.3) is 5.91 Å². The second-order valence-electron chi connectivity index (χ2n) is 4.92. The van der Waals surface area contributed by atoms with Gasteiger partial charge in [-0.05, 0) is 25.3 Å². The average Bonchev–Trinajstić information content (AvgIpc) is 2.95. The molecule has 108 valence electrons. The predicted molar refractivity (Wildman–Crippen MR) is 88.3 cm³/mol. The second kappa shape index (κ2) is 5.92. The maximum Gasteiger partial charge on any atom is 0.266 e. The Balaban J connectivity index is 1.92. The summed E-state index contributed by atoms with van der Waals surface area (Å²) in [6, 6.07) is 3.63. The smallest absolute Gasteiger partial charge is 0.266 e. The van der Waals surface area contributed by atoms with E-state index in [1.807, 2.05) is 5.38 Å². The number of rotatable bonds is 4. The summed E-state index contributed by atoms with van der Waals surface area (Å²) < 4.78 is 0. The maximum atomic E-state index is 12.8. The lowest BCUT2D eigenvalue weighted by molar-refractivity contribution is -0.113. The first-order valence-electron chi connectivity index (χ1n) is 6.70. The third kappa shape index (κ3) is 2.82. The van der Waals surface area contributed by atoms with Crippen LogP contribution in [0.15, 0.2) is 29.9 Å². The van der Waals surface area contributed by atoms with Gasteiger partial charge >= 0.3 is 0 Å². The van der Waals surface area contributed by atoms with Crippen molar-refractivity contribution >= 4 is 42.9 Å². The largest absolute Gasteiger partial charge is 0.399 e. The molecule has 1 saturated carbocycles. The van der Waals surface area contributed by atoms with Gasteiger partial charge in [-0.15, -0.1) is 20.2 Å². The van der Waals surface area contributed by atoms with Gasteiger partial charge < -0.3 is 5.73 Å². The lowest BCUT2D eigenvalue weighted by atomic mass is 9.91. The van der Waals surface area contributed by atoms with Crippen molar-refractivity contribution in [1.29, 1.82) is 0 Å². The molecular weight excluding hydrogens is 303 g/mol. The molecule has 2 aromatic rings. The molecular formula is C14H15N4OPS. The summed E-state index contributed by atoms with van der Waals surface area (Å²) in [4.78, 5) is 23.0. The first-order valence-corrected chi connectivity index (χ1v) is 8.08. The highest BCUT2D eigenvalue weighted by molar-refractivity contribution is 7.30. The lowest BCUT2D eigenvalue weighted by Gasteiger charge is -2.36. The molecule has 0 saturated heterocycles. The fourth-order valence-electron chi connectivity index (χ4n) is 2.23. The number of aromatic nitrogens is 2. The topological polar surface area (TPSA) is 72.1 Å². The minimum atomic E-state index is -0.121. The minimum absolute atomic E-state index is 0.121. The monoisotopic (exact) mass is 318 g/mol. The molecule has 0 spiro atoms. The highest BCUT2D eigenvalue weighted by Gasteiger charge is 2.33. The van der Waals surface area contributed by atoms with Gasteiger partial charge in [0.05, 0.1) is 5.29 Å². The summed E-state index contributed by atoms with van der Waals surface area (Å²) in [6.45, 7) is 0. The zero-order chi connectivity index (χ0) is 14.8.